The van der Waals surface area contributed by atoms with Crippen LogP contribution >= 0.6 is 11.3 Å². The minimum Gasteiger partial charge on any atom is -0.449 e. The first-order valence-electron chi connectivity index (χ1n) is 11.0. The number of urea groups is 1. The van der Waals surface area contributed by atoms with Crippen LogP contribution in [0.5, 0.6) is 0 Å². The maximum Gasteiger partial charge on any atom is 0.339 e. The van der Waals surface area contributed by atoms with Crippen LogP contribution in [0.3, 0.4) is 0 Å². The SMILES string of the molecule is CC(OC(=O)c1c2c(nc3ccccc13)/C(=C\c1cccs1)CCC2)C(=O)N1CCNC1=O. The number of pyridine rings is 1. The molecule has 2 aliphatic rings. The van der Waals surface area contributed by atoms with E-state index in [0.717, 1.165) is 39.4 Å². The minimum atomic E-state index is -1.08. The molecule has 1 aliphatic carbocycles. The molecule has 3 heterocycles. The van der Waals surface area contributed by atoms with E-state index in [9.17, 15) is 14.4 Å². The zero-order valence-corrected chi connectivity index (χ0v) is 19.0. The highest BCUT2D eigenvalue weighted by Crippen LogP contribution is 2.37. The van der Waals surface area contributed by atoms with Gasteiger partial charge in [-0.2, -0.15) is 0 Å². The summed E-state index contributed by atoms with van der Waals surface area (Å²) in [6.07, 6.45) is 3.54. The van der Waals surface area contributed by atoms with Crippen LogP contribution in [0.4, 0.5) is 4.79 Å². The number of hydrogen-bond acceptors (Lipinski definition) is 6. The number of carbonyl (C=O) groups is 3. The number of thiophene rings is 1. The largest absolute Gasteiger partial charge is 0.449 e. The number of benzene rings is 1. The molecule has 1 unspecified atom stereocenters. The Morgan fingerprint density at radius 2 is 2.06 bits per heavy atom. The third-order valence-electron chi connectivity index (χ3n) is 5.99. The van der Waals surface area contributed by atoms with Crippen LogP contribution in [-0.2, 0) is 16.0 Å². The second kappa shape index (κ2) is 8.78. The van der Waals surface area contributed by atoms with Gasteiger partial charge in [-0.3, -0.25) is 9.69 Å². The number of allylic oxidation sites excluding steroid dienone is 1. The maximum absolute atomic E-state index is 13.4. The summed E-state index contributed by atoms with van der Waals surface area (Å²) in [6.45, 7) is 2.17. The van der Waals surface area contributed by atoms with Gasteiger partial charge in [0.25, 0.3) is 5.91 Å². The fourth-order valence-corrected chi connectivity index (χ4v) is 5.11. The fourth-order valence-electron chi connectivity index (χ4n) is 4.42. The number of aromatic nitrogens is 1. The van der Waals surface area contributed by atoms with Gasteiger partial charge < -0.3 is 10.1 Å². The van der Waals surface area contributed by atoms with Crippen molar-refractivity contribution in [2.45, 2.75) is 32.3 Å². The zero-order chi connectivity index (χ0) is 22.9. The molecule has 8 heteroatoms. The monoisotopic (exact) mass is 461 g/mol. The average molecular weight is 462 g/mol. The van der Waals surface area contributed by atoms with Crippen molar-refractivity contribution in [3.8, 4) is 0 Å². The standard InChI is InChI=1S/C25H23N3O4S/c1-15(23(29)28-12-11-26-25(28)31)32-24(30)21-18-8-2-3-10-20(18)27-22-16(6-4-9-19(21)22)14-17-7-5-13-33-17/h2-3,5,7-8,10,13-15H,4,6,9,11-12H2,1H3,(H,26,31)/b16-14-. The molecule has 0 bridgehead atoms. The minimum absolute atomic E-state index is 0.268. The molecular weight excluding hydrogens is 438 g/mol. The molecule has 2 aromatic heterocycles. The lowest BCUT2D eigenvalue weighted by atomic mass is 9.86. The summed E-state index contributed by atoms with van der Waals surface area (Å²) >= 11 is 1.66. The van der Waals surface area contributed by atoms with Crippen molar-refractivity contribution in [2.75, 3.05) is 13.1 Å². The quantitative estimate of drug-likeness (QED) is 0.586. The number of rotatable bonds is 4. The van der Waals surface area contributed by atoms with Gasteiger partial charge in [0.15, 0.2) is 6.10 Å². The number of para-hydroxylation sites is 1. The summed E-state index contributed by atoms with van der Waals surface area (Å²) < 4.78 is 5.62. The topological polar surface area (TPSA) is 88.6 Å². The van der Waals surface area contributed by atoms with E-state index in [-0.39, 0.29) is 6.54 Å². The number of imide groups is 1. The van der Waals surface area contributed by atoms with Crippen molar-refractivity contribution < 1.29 is 19.1 Å². The van der Waals surface area contributed by atoms with Gasteiger partial charge in [-0.1, -0.05) is 24.3 Å². The molecule has 1 aliphatic heterocycles. The van der Waals surface area contributed by atoms with Crippen LogP contribution in [0.2, 0.25) is 0 Å². The Morgan fingerprint density at radius 3 is 2.82 bits per heavy atom. The molecule has 5 rings (SSSR count). The number of ether oxygens (including phenoxy) is 1. The van der Waals surface area contributed by atoms with Gasteiger partial charge in [-0.15, -0.1) is 11.3 Å². The van der Waals surface area contributed by atoms with Crippen LogP contribution in [0.1, 0.15) is 46.3 Å². The lowest BCUT2D eigenvalue weighted by molar-refractivity contribution is -0.136. The third kappa shape index (κ3) is 4.02. The van der Waals surface area contributed by atoms with E-state index >= 15 is 0 Å². The third-order valence-corrected chi connectivity index (χ3v) is 6.81. The lowest BCUT2D eigenvalue weighted by Gasteiger charge is -2.23. The lowest BCUT2D eigenvalue weighted by Crippen LogP contribution is -2.42. The maximum atomic E-state index is 13.4. The second-order valence-electron chi connectivity index (χ2n) is 8.14. The Balaban J connectivity index is 1.54. The average Bonchev–Trinajstić information content (AvgIpc) is 3.48. The van der Waals surface area contributed by atoms with E-state index in [1.807, 2.05) is 35.7 Å². The summed E-state index contributed by atoms with van der Waals surface area (Å²) in [6, 6.07) is 11.1. The first kappa shape index (κ1) is 21.3. The predicted molar refractivity (Wildman–Crippen MR) is 127 cm³/mol. The zero-order valence-electron chi connectivity index (χ0n) is 18.2. The Kier molecular flexibility index (Phi) is 5.68. The molecule has 1 fully saturated rings. The smallest absolute Gasteiger partial charge is 0.339 e. The molecule has 3 amide bonds. The van der Waals surface area contributed by atoms with Crippen molar-refractivity contribution >= 4 is 51.8 Å². The van der Waals surface area contributed by atoms with E-state index in [1.165, 1.54) is 6.92 Å². The number of hydrogen-bond donors (Lipinski definition) is 1. The first-order valence-corrected chi connectivity index (χ1v) is 11.9. The van der Waals surface area contributed by atoms with Crippen molar-refractivity contribution in [1.29, 1.82) is 0 Å². The van der Waals surface area contributed by atoms with Crippen LogP contribution in [-0.4, -0.2) is 47.0 Å². The van der Waals surface area contributed by atoms with E-state index in [2.05, 4.69) is 17.5 Å². The van der Waals surface area contributed by atoms with Crippen LogP contribution in [0.15, 0.2) is 41.8 Å². The number of nitrogens with one attached hydrogen (secondary N) is 1. The van der Waals surface area contributed by atoms with Gasteiger partial charge in [-0.05, 0) is 60.9 Å². The highest BCUT2D eigenvalue weighted by atomic mass is 32.1. The highest BCUT2D eigenvalue weighted by Gasteiger charge is 2.33. The molecule has 1 saturated heterocycles. The van der Waals surface area contributed by atoms with Crippen LogP contribution in [0, 0.1) is 0 Å². The van der Waals surface area contributed by atoms with E-state index < -0.39 is 24.0 Å². The van der Waals surface area contributed by atoms with Crippen molar-refractivity contribution in [3.05, 3.63) is 63.5 Å². The van der Waals surface area contributed by atoms with E-state index in [4.69, 9.17) is 9.72 Å². The molecule has 3 aromatic rings. The van der Waals surface area contributed by atoms with E-state index in [0.29, 0.717) is 29.4 Å². The molecule has 33 heavy (non-hydrogen) atoms. The predicted octanol–water partition coefficient (Wildman–Crippen LogP) is 4.27. The molecule has 1 atom stereocenters. The van der Waals surface area contributed by atoms with Gasteiger partial charge in [0.2, 0.25) is 0 Å². The van der Waals surface area contributed by atoms with Crippen molar-refractivity contribution in [2.24, 2.45) is 0 Å². The molecule has 168 valence electrons. The number of amides is 3. The van der Waals surface area contributed by atoms with Crippen molar-refractivity contribution in [1.82, 2.24) is 15.2 Å². The molecule has 0 saturated carbocycles. The Bertz CT molecular complexity index is 1280. The molecular formula is C25H23N3O4S. The summed E-state index contributed by atoms with van der Waals surface area (Å²) in [7, 11) is 0. The molecule has 7 nitrogen and oxygen atoms in total. The molecule has 1 N–H and O–H groups in total. The van der Waals surface area contributed by atoms with E-state index in [1.54, 1.807) is 11.3 Å². The summed E-state index contributed by atoms with van der Waals surface area (Å²) in [5.41, 5.74) is 3.93. The normalized spacial score (nSPS) is 17.7. The molecule has 0 radical (unpaired) electrons. The van der Waals surface area contributed by atoms with Gasteiger partial charge in [-0.25, -0.2) is 14.6 Å². The number of fused-ring (bicyclic) bond motifs is 2. The van der Waals surface area contributed by atoms with Crippen molar-refractivity contribution in [3.63, 3.8) is 0 Å². The Morgan fingerprint density at radius 1 is 1.21 bits per heavy atom. The number of carbonyl (C=O) groups excluding carboxylic acids is 3. The van der Waals surface area contributed by atoms with Gasteiger partial charge in [0.1, 0.15) is 0 Å². The summed E-state index contributed by atoms with van der Waals surface area (Å²) in [5, 5.41) is 5.33. The number of esters is 1. The summed E-state index contributed by atoms with van der Waals surface area (Å²) in [4.78, 5) is 45.1. The van der Waals surface area contributed by atoms with Gasteiger partial charge >= 0.3 is 12.0 Å². The summed E-state index contributed by atoms with van der Waals surface area (Å²) in [5.74, 6) is -1.09. The Labute approximate surface area is 195 Å². The van der Waals surface area contributed by atoms with Crippen LogP contribution in [0.25, 0.3) is 22.6 Å². The first-order chi connectivity index (χ1) is 16.0. The van der Waals surface area contributed by atoms with Gasteiger partial charge in [0.05, 0.1) is 16.8 Å². The fraction of sp³-hybridized carbons (Fsp3) is 0.280. The highest BCUT2D eigenvalue weighted by molar-refractivity contribution is 7.10. The second-order valence-corrected chi connectivity index (χ2v) is 9.12. The number of nitrogens with zero attached hydrogens (tertiary/aromatic N) is 2. The van der Waals surface area contributed by atoms with Crippen LogP contribution < -0.4 is 5.32 Å². The molecule has 0 spiro atoms. The van der Waals surface area contributed by atoms with Gasteiger partial charge in [0, 0.05) is 23.4 Å². The molecule has 1 aromatic carbocycles. The Hall–Kier alpha value is -3.52.